The zero-order valence-electron chi connectivity index (χ0n) is 10.9. The topological polar surface area (TPSA) is 35.5 Å². The second-order valence-electron chi connectivity index (χ2n) is 4.40. The summed E-state index contributed by atoms with van der Waals surface area (Å²) in [5, 5.41) is 12.8. The van der Waals surface area contributed by atoms with Crippen LogP contribution in [0.15, 0.2) is 21.1 Å². The number of phenolic OH excluding ortho intramolecular Hbond substituents is 1. The van der Waals surface area contributed by atoms with Crippen LogP contribution in [0.25, 0.3) is 0 Å². The minimum atomic E-state index is -2.47. The first kappa shape index (κ1) is 21.3. The van der Waals surface area contributed by atoms with Crippen molar-refractivity contribution in [3.63, 3.8) is 0 Å². The molecule has 0 amide bonds. The lowest BCUT2D eigenvalue weighted by molar-refractivity contribution is 0.0181. The van der Waals surface area contributed by atoms with E-state index in [1.165, 1.54) is 0 Å². The highest BCUT2D eigenvalue weighted by molar-refractivity contribution is 9.11. The van der Waals surface area contributed by atoms with E-state index >= 15 is 0 Å². The second kappa shape index (κ2) is 9.47. The fourth-order valence-corrected chi connectivity index (χ4v) is 3.45. The number of nitrogens with zero attached hydrogens (tertiary/aromatic N) is 1. The Bertz CT molecular complexity index is 440. The molecule has 0 radical (unpaired) electrons. The molecule has 1 aliphatic rings. The first-order chi connectivity index (χ1) is 9.00. The Kier molecular flexibility index (Phi) is 9.63. The predicted octanol–water partition coefficient (Wildman–Crippen LogP) is 3.97. The molecule has 9 heteroatoms. The summed E-state index contributed by atoms with van der Waals surface area (Å²) in [5.41, 5.74) is 0.494. The van der Waals surface area contributed by atoms with Gasteiger partial charge in [0, 0.05) is 26.2 Å². The van der Waals surface area contributed by atoms with Crippen LogP contribution in [0.5, 0.6) is 5.75 Å². The SMILES string of the molecule is Cl.Cl.Oc1c(Br)cc([C@@H](C(F)F)N2CCNCC2)cc1Br. The molecule has 1 aromatic rings. The molecule has 0 aromatic heterocycles. The van der Waals surface area contributed by atoms with Gasteiger partial charge in [-0.1, -0.05) is 0 Å². The van der Waals surface area contributed by atoms with Crippen LogP contribution in [-0.4, -0.2) is 42.6 Å². The molecular formula is C12H16Br2Cl2F2N2O. The number of hydrogen-bond donors (Lipinski definition) is 2. The van der Waals surface area contributed by atoms with Crippen LogP contribution >= 0.6 is 56.7 Å². The number of piperazine rings is 1. The predicted molar refractivity (Wildman–Crippen MR) is 91.2 cm³/mol. The van der Waals surface area contributed by atoms with Crippen molar-refractivity contribution in [1.82, 2.24) is 10.2 Å². The first-order valence-electron chi connectivity index (χ1n) is 5.91. The summed E-state index contributed by atoms with van der Waals surface area (Å²) in [6, 6.07) is 2.16. The Balaban J connectivity index is 0.00000200. The van der Waals surface area contributed by atoms with Crippen LogP contribution in [0, 0.1) is 0 Å². The zero-order valence-corrected chi connectivity index (χ0v) is 15.7. The zero-order chi connectivity index (χ0) is 14.0. The smallest absolute Gasteiger partial charge is 0.258 e. The number of aromatic hydroxyl groups is 1. The van der Waals surface area contributed by atoms with Crippen molar-refractivity contribution < 1.29 is 13.9 Å². The highest BCUT2D eigenvalue weighted by Gasteiger charge is 2.30. The molecule has 0 spiro atoms. The molecule has 1 heterocycles. The monoisotopic (exact) mass is 470 g/mol. The highest BCUT2D eigenvalue weighted by Crippen LogP contribution is 2.38. The molecule has 1 aliphatic heterocycles. The van der Waals surface area contributed by atoms with Crippen LogP contribution in [0.3, 0.4) is 0 Å². The summed E-state index contributed by atoms with van der Waals surface area (Å²) in [6.07, 6.45) is -2.47. The number of benzene rings is 1. The van der Waals surface area contributed by atoms with Gasteiger partial charge in [-0.3, -0.25) is 4.90 Å². The van der Waals surface area contributed by atoms with Gasteiger partial charge in [0.2, 0.25) is 0 Å². The standard InChI is InChI=1S/C12H14Br2F2N2O.2ClH/c13-8-5-7(6-9(14)11(8)19)10(12(15)16)18-3-1-17-2-4-18;;/h5-6,10,12,17,19H,1-4H2;2*1H/t10-;;/m0../s1. The van der Waals surface area contributed by atoms with Crippen molar-refractivity contribution in [3.05, 3.63) is 26.6 Å². The Morgan fingerprint density at radius 2 is 1.57 bits per heavy atom. The molecule has 2 N–H and O–H groups in total. The van der Waals surface area contributed by atoms with Gasteiger partial charge in [0.1, 0.15) is 5.75 Å². The van der Waals surface area contributed by atoms with E-state index in [4.69, 9.17) is 0 Å². The van der Waals surface area contributed by atoms with Gasteiger partial charge in [-0.15, -0.1) is 24.8 Å². The van der Waals surface area contributed by atoms with Crippen molar-refractivity contribution >= 4 is 56.7 Å². The summed E-state index contributed by atoms with van der Waals surface area (Å²) < 4.78 is 27.6. The van der Waals surface area contributed by atoms with E-state index in [9.17, 15) is 13.9 Å². The molecule has 0 unspecified atom stereocenters. The summed E-state index contributed by atoms with van der Waals surface area (Å²) in [6.45, 7) is 2.60. The van der Waals surface area contributed by atoms with E-state index in [-0.39, 0.29) is 30.6 Å². The molecule has 1 aromatic carbocycles. The quantitative estimate of drug-likeness (QED) is 0.698. The molecule has 122 valence electrons. The normalized spacial score (nSPS) is 17.0. The van der Waals surface area contributed by atoms with E-state index in [0.29, 0.717) is 40.7 Å². The van der Waals surface area contributed by atoms with Crippen LogP contribution in [-0.2, 0) is 0 Å². The maximum atomic E-state index is 13.4. The molecule has 2 rings (SSSR count). The van der Waals surface area contributed by atoms with E-state index in [1.807, 2.05) is 0 Å². The number of phenols is 1. The summed E-state index contributed by atoms with van der Waals surface area (Å²) in [7, 11) is 0. The largest absolute Gasteiger partial charge is 0.506 e. The average Bonchev–Trinajstić information content (AvgIpc) is 2.37. The number of nitrogens with one attached hydrogen (secondary N) is 1. The Hall–Kier alpha value is 0.340. The second-order valence-corrected chi connectivity index (χ2v) is 6.11. The van der Waals surface area contributed by atoms with Gasteiger partial charge in [0.05, 0.1) is 15.0 Å². The molecule has 0 bridgehead atoms. The van der Waals surface area contributed by atoms with Gasteiger partial charge in [-0.25, -0.2) is 8.78 Å². The van der Waals surface area contributed by atoms with Gasteiger partial charge >= 0.3 is 0 Å². The van der Waals surface area contributed by atoms with Gasteiger partial charge in [-0.05, 0) is 49.6 Å². The van der Waals surface area contributed by atoms with E-state index in [1.54, 1.807) is 17.0 Å². The van der Waals surface area contributed by atoms with Gasteiger partial charge in [0.15, 0.2) is 0 Å². The Morgan fingerprint density at radius 3 is 2.00 bits per heavy atom. The fraction of sp³-hybridized carbons (Fsp3) is 0.500. The number of rotatable bonds is 3. The molecule has 1 atom stereocenters. The van der Waals surface area contributed by atoms with E-state index in [0.717, 1.165) is 0 Å². The lowest BCUT2D eigenvalue weighted by Crippen LogP contribution is -2.46. The first-order valence-corrected chi connectivity index (χ1v) is 7.50. The van der Waals surface area contributed by atoms with E-state index < -0.39 is 12.5 Å². The summed E-state index contributed by atoms with van der Waals surface area (Å²) in [4.78, 5) is 1.77. The Morgan fingerprint density at radius 1 is 1.10 bits per heavy atom. The minimum absolute atomic E-state index is 0. The molecule has 1 saturated heterocycles. The fourth-order valence-electron chi connectivity index (χ4n) is 2.23. The van der Waals surface area contributed by atoms with Crippen molar-refractivity contribution in [2.75, 3.05) is 26.2 Å². The molecule has 21 heavy (non-hydrogen) atoms. The number of halogens is 6. The van der Waals surface area contributed by atoms with Crippen LogP contribution in [0.2, 0.25) is 0 Å². The summed E-state index contributed by atoms with van der Waals surface area (Å²) >= 11 is 6.37. The van der Waals surface area contributed by atoms with Gasteiger partial charge in [-0.2, -0.15) is 0 Å². The Labute approximate surface area is 151 Å². The summed E-state index contributed by atoms with van der Waals surface area (Å²) in [5.74, 6) is 0.0251. The lowest BCUT2D eigenvalue weighted by Gasteiger charge is -2.34. The maximum Gasteiger partial charge on any atom is 0.258 e. The molecular weight excluding hydrogens is 457 g/mol. The van der Waals surface area contributed by atoms with Gasteiger partial charge in [0.25, 0.3) is 6.43 Å². The highest BCUT2D eigenvalue weighted by atomic mass is 79.9. The van der Waals surface area contributed by atoms with Crippen molar-refractivity contribution in [2.24, 2.45) is 0 Å². The van der Waals surface area contributed by atoms with Crippen molar-refractivity contribution in [1.29, 1.82) is 0 Å². The van der Waals surface area contributed by atoms with Crippen molar-refractivity contribution in [2.45, 2.75) is 12.5 Å². The minimum Gasteiger partial charge on any atom is -0.506 e. The lowest BCUT2D eigenvalue weighted by atomic mass is 10.0. The van der Waals surface area contributed by atoms with Crippen LogP contribution in [0.4, 0.5) is 8.78 Å². The van der Waals surface area contributed by atoms with E-state index in [2.05, 4.69) is 37.2 Å². The molecule has 0 aliphatic carbocycles. The average molecular weight is 473 g/mol. The van der Waals surface area contributed by atoms with Crippen LogP contribution in [0.1, 0.15) is 11.6 Å². The molecule has 3 nitrogen and oxygen atoms in total. The van der Waals surface area contributed by atoms with Crippen LogP contribution < -0.4 is 5.32 Å². The third kappa shape index (κ3) is 5.18. The number of hydrogen-bond acceptors (Lipinski definition) is 3. The molecule has 0 saturated carbocycles. The van der Waals surface area contributed by atoms with Gasteiger partial charge < -0.3 is 10.4 Å². The maximum absolute atomic E-state index is 13.4. The molecule has 1 fully saturated rings. The third-order valence-corrected chi connectivity index (χ3v) is 4.37. The third-order valence-electron chi connectivity index (χ3n) is 3.16. The van der Waals surface area contributed by atoms with Crippen molar-refractivity contribution in [3.8, 4) is 5.75 Å². The number of alkyl halides is 2.